The Bertz CT molecular complexity index is 1330. The SMILES string of the molecule is COc1ccc(NC(=O)C2(N(Cc3ccc(F)cc3)C(=O)CSc3nc(C)cc(C)n3)CCCCC2)c(OC)c1. The number of rotatable bonds is 10. The molecular formula is C30H35FN4O4S. The Balaban J connectivity index is 1.67. The molecule has 40 heavy (non-hydrogen) atoms. The number of nitrogens with zero attached hydrogens (tertiary/aromatic N) is 3. The van der Waals surface area contributed by atoms with Crippen LogP contribution in [0.25, 0.3) is 0 Å². The van der Waals surface area contributed by atoms with Crippen molar-refractivity contribution in [3.63, 3.8) is 0 Å². The minimum atomic E-state index is -1.10. The zero-order valence-electron chi connectivity index (χ0n) is 23.3. The van der Waals surface area contributed by atoms with Gasteiger partial charge >= 0.3 is 0 Å². The van der Waals surface area contributed by atoms with Crippen LogP contribution in [-0.2, 0) is 16.1 Å². The monoisotopic (exact) mass is 566 g/mol. The van der Waals surface area contributed by atoms with E-state index in [9.17, 15) is 14.0 Å². The maximum absolute atomic E-state index is 14.2. The minimum Gasteiger partial charge on any atom is -0.497 e. The van der Waals surface area contributed by atoms with Crippen molar-refractivity contribution in [3.8, 4) is 11.5 Å². The molecule has 0 unspecified atom stereocenters. The van der Waals surface area contributed by atoms with Gasteiger partial charge in [-0.3, -0.25) is 9.59 Å². The molecule has 8 nitrogen and oxygen atoms in total. The molecule has 1 fully saturated rings. The molecule has 212 valence electrons. The van der Waals surface area contributed by atoms with Crippen molar-refractivity contribution in [2.75, 3.05) is 25.3 Å². The van der Waals surface area contributed by atoms with Gasteiger partial charge in [-0.2, -0.15) is 0 Å². The molecule has 0 atom stereocenters. The molecule has 1 heterocycles. The fourth-order valence-corrected chi connectivity index (χ4v) is 5.94. The number of nitrogens with one attached hydrogen (secondary N) is 1. The number of hydrogen-bond donors (Lipinski definition) is 1. The van der Waals surface area contributed by atoms with Crippen LogP contribution in [0.4, 0.5) is 10.1 Å². The lowest BCUT2D eigenvalue weighted by Gasteiger charge is -2.45. The second kappa shape index (κ2) is 13.1. The van der Waals surface area contributed by atoms with E-state index in [0.29, 0.717) is 35.2 Å². The first-order valence-corrected chi connectivity index (χ1v) is 14.3. The first-order valence-electron chi connectivity index (χ1n) is 13.3. The van der Waals surface area contributed by atoms with Crippen LogP contribution in [0.2, 0.25) is 0 Å². The number of aromatic nitrogens is 2. The van der Waals surface area contributed by atoms with Gasteiger partial charge in [0.2, 0.25) is 11.8 Å². The molecule has 1 aliphatic rings. The number of methoxy groups -OCH3 is 2. The van der Waals surface area contributed by atoms with Crippen molar-refractivity contribution < 1.29 is 23.5 Å². The fraction of sp³-hybridized carbons (Fsp3) is 0.400. The summed E-state index contributed by atoms with van der Waals surface area (Å²) in [4.78, 5) is 38.7. The van der Waals surface area contributed by atoms with Crippen LogP contribution >= 0.6 is 11.8 Å². The lowest BCUT2D eigenvalue weighted by molar-refractivity contribution is -0.146. The maximum Gasteiger partial charge on any atom is 0.250 e. The van der Waals surface area contributed by atoms with E-state index in [0.717, 1.165) is 36.2 Å². The molecule has 0 saturated heterocycles. The molecule has 0 spiro atoms. The number of ether oxygens (including phenoxy) is 2. The van der Waals surface area contributed by atoms with Gasteiger partial charge in [0.15, 0.2) is 5.16 Å². The minimum absolute atomic E-state index is 0.0605. The molecule has 1 N–H and O–H groups in total. The van der Waals surface area contributed by atoms with Crippen LogP contribution in [0.3, 0.4) is 0 Å². The summed E-state index contributed by atoms with van der Waals surface area (Å²) in [6.07, 6.45) is 3.59. The van der Waals surface area contributed by atoms with Gasteiger partial charge in [-0.05, 0) is 62.6 Å². The number of amides is 2. The fourth-order valence-electron chi connectivity index (χ4n) is 5.11. The zero-order valence-corrected chi connectivity index (χ0v) is 24.1. The van der Waals surface area contributed by atoms with Crippen molar-refractivity contribution in [1.29, 1.82) is 0 Å². The summed E-state index contributed by atoms with van der Waals surface area (Å²) in [5.41, 5.74) is 1.77. The van der Waals surface area contributed by atoms with E-state index < -0.39 is 5.54 Å². The summed E-state index contributed by atoms with van der Waals surface area (Å²) in [5.74, 6) is 0.263. The van der Waals surface area contributed by atoms with Gasteiger partial charge in [-0.15, -0.1) is 0 Å². The van der Waals surface area contributed by atoms with Crippen molar-refractivity contribution >= 4 is 29.3 Å². The summed E-state index contributed by atoms with van der Waals surface area (Å²) in [6.45, 7) is 3.94. The van der Waals surface area contributed by atoms with Gasteiger partial charge in [0, 0.05) is 24.0 Å². The van der Waals surface area contributed by atoms with Gasteiger partial charge in [0.05, 0.1) is 25.7 Å². The van der Waals surface area contributed by atoms with E-state index in [1.165, 1.54) is 31.0 Å². The maximum atomic E-state index is 14.2. The van der Waals surface area contributed by atoms with Crippen molar-refractivity contribution in [3.05, 3.63) is 71.3 Å². The average Bonchev–Trinajstić information content (AvgIpc) is 2.95. The highest BCUT2D eigenvalue weighted by Gasteiger charge is 2.47. The summed E-state index contributed by atoms with van der Waals surface area (Å²) in [6, 6.07) is 13.1. The summed E-state index contributed by atoms with van der Waals surface area (Å²) < 4.78 is 24.5. The Morgan fingerprint density at radius 1 is 0.975 bits per heavy atom. The first kappa shape index (κ1) is 29.3. The van der Waals surface area contributed by atoms with Crippen LogP contribution < -0.4 is 14.8 Å². The number of thioether (sulfide) groups is 1. The van der Waals surface area contributed by atoms with Gasteiger partial charge in [-0.1, -0.05) is 43.2 Å². The van der Waals surface area contributed by atoms with E-state index in [-0.39, 0.29) is 29.9 Å². The highest BCUT2D eigenvalue weighted by molar-refractivity contribution is 7.99. The molecule has 2 aromatic carbocycles. The topological polar surface area (TPSA) is 93.7 Å². The molecule has 1 aliphatic carbocycles. The zero-order chi connectivity index (χ0) is 28.7. The van der Waals surface area contributed by atoms with Gasteiger partial charge in [-0.25, -0.2) is 14.4 Å². The van der Waals surface area contributed by atoms with Gasteiger partial charge in [0.25, 0.3) is 0 Å². The number of halogens is 1. The molecule has 1 saturated carbocycles. The van der Waals surface area contributed by atoms with Crippen molar-refractivity contribution in [2.24, 2.45) is 0 Å². The summed E-state index contributed by atoms with van der Waals surface area (Å²) >= 11 is 1.25. The lowest BCUT2D eigenvalue weighted by Crippen LogP contribution is -2.60. The first-order chi connectivity index (χ1) is 19.2. The third kappa shape index (κ3) is 6.91. The lowest BCUT2D eigenvalue weighted by atomic mass is 9.79. The Morgan fingerprint density at radius 2 is 1.65 bits per heavy atom. The molecule has 2 amide bonds. The summed E-state index contributed by atoms with van der Waals surface area (Å²) in [5, 5.41) is 3.55. The number of carbonyl (C=O) groups is 2. The van der Waals surface area contributed by atoms with Crippen LogP contribution in [0.1, 0.15) is 49.1 Å². The Kier molecular flexibility index (Phi) is 9.63. The van der Waals surface area contributed by atoms with E-state index in [2.05, 4.69) is 15.3 Å². The second-order valence-electron chi connectivity index (χ2n) is 9.94. The highest BCUT2D eigenvalue weighted by atomic mass is 32.2. The molecular weight excluding hydrogens is 531 g/mol. The largest absolute Gasteiger partial charge is 0.497 e. The van der Waals surface area contributed by atoms with E-state index in [1.54, 1.807) is 42.3 Å². The average molecular weight is 567 g/mol. The van der Waals surface area contributed by atoms with Crippen LogP contribution in [0.5, 0.6) is 11.5 Å². The smallest absolute Gasteiger partial charge is 0.250 e. The second-order valence-corrected chi connectivity index (χ2v) is 10.9. The third-order valence-corrected chi connectivity index (χ3v) is 7.95. The Hall–Kier alpha value is -3.66. The number of aryl methyl sites for hydroxylation is 2. The quantitative estimate of drug-likeness (QED) is 0.248. The van der Waals surface area contributed by atoms with Crippen molar-refractivity contribution in [2.45, 2.75) is 63.2 Å². The molecule has 0 aliphatic heterocycles. The predicted molar refractivity (Wildman–Crippen MR) is 153 cm³/mol. The molecule has 3 aromatic rings. The normalized spacial score (nSPS) is 14.3. The van der Waals surface area contributed by atoms with Crippen LogP contribution in [0.15, 0.2) is 53.7 Å². The highest BCUT2D eigenvalue weighted by Crippen LogP contribution is 2.38. The van der Waals surface area contributed by atoms with Crippen molar-refractivity contribution in [1.82, 2.24) is 14.9 Å². The third-order valence-electron chi connectivity index (χ3n) is 7.12. The summed E-state index contributed by atoms with van der Waals surface area (Å²) in [7, 11) is 3.08. The van der Waals surface area contributed by atoms with Crippen LogP contribution in [-0.4, -0.2) is 52.2 Å². The number of carbonyl (C=O) groups excluding carboxylic acids is 2. The van der Waals surface area contributed by atoms with E-state index >= 15 is 0 Å². The van der Waals surface area contributed by atoms with Crippen LogP contribution in [0, 0.1) is 19.7 Å². The van der Waals surface area contributed by atoms with E-state index in [1.807, 2.05) is 19.9 Å². The molecule has 4 rings (SSSR count). The predicted octanol–water partition coefficient (Wildman–Crippen LogP) is 5.71. The Morgan fingerprint density at radius 3 is 2.27 bits per heavy atom. The molecule has 1 aromatic heterocycles. The van der Waals surface area contributed by atoms with E-state index in [4.69, 9.17) is 9.47 Å². The molecule has 0 bridgehead atoms. The number of benzene rings is 2. The Labute approximate surface area is 238 Å². The standard InChI is InChI=1S/C30H35FN4O4S/c1-20-16-21(2)33-29(32-20)40-19-27(36)35(18-22-8-10-23(31)11-9-22)30(14-6-5-7-15-30)28(37)34-25-13-12-24(38-3)17-26(25)39-4/h8-13,16-17H,5-7,14-15,18-19H2,1-4H3,(H,34,37). The van der Waals surface area contributed by atoms with Gasteiger partial charge in [0.1, 0.15) is 22.9 Å². The number of hydrogen-bond acceptors (Lipinski definition) is 7. The number of anilines is 1. The molecule has 10 heteroatoms. The molecule has 0 radical (unpaired) electrons. The van der Waals surface area contributed by atoms with Gasteiger partial charge < -0.3 is 19.7 Å².